The zero-order valence-corrected chi connectivity index (χ0v) is 15.2. The number of nitrogens with two attached hydrogens (primary N) is 1. The number of rotatable bonds is 2. The fourth-order valence-electron chi connectivity index (χ4n) is 4.62. The van der Waals surface area contributed by atoms with Gasteiger partial charge in [-0.25, -0.2) is 0 Å². The first-order chi connectivity index (χ1) is 13.1. The summed E-state index contributed by atoms with van der Waals surface area (Å²) in [6, 6.07) is 14.1. The number of likely N-dealkylation sites (tertiary alicyclic amines) is 1. The summed E-state index contributed by atoms with van der Waals surface area (Å²) in [5, 5.41) is 8.67. The standard InChI is InChI=1S/C21H23N5O/c22-21(12-15-6-1-2-7-16(15)13-21)20(27)25-10-5-8-17(14-25)19-24-23-18-9-3-4-11-26(18)19/h1-4,6-7,9,11,17H,5,8,10,12-14,22H2/t17-/m1/s1. The highest BCUT2D eigenvalue weighted by molar-refractivity contribution is 5.88. The highest BCUT2D eigenvalue weighted by Crippen LogP contribution is 2.32. The Morgan fingerprint density at radius 3 is 2.59 bits per heavy atom. The van der Waals surface area contributed by atoms with Crippen LogP contribution in [0.15, 0.2) is 48.7 Å². The van der Waals surface area contributed by atoms with Crippen LogP contribution in [0.2, 0.25) is 0 Å². The maximum Gasteiger partial charge on any atom is 0.243 e. The van der Waals surface area contributed by atoms with Crippen molar-refractivity contribution >= 4 is 11.6 Å². The van der Waals surface area contributed by atoms with Crippen molar-refractivity contribution in [3.05, 3.63) is 65.6 Å². The number of hydrogen-bond donors (Lipinski definition) is 1. The lowest BCUT2D eigenvalue weighted by molar-refractivity contribution is -0.138. The fourth-order valence-corrected chi connectivity index (χ4v) is 4.62. The quantitative estimate of drug-likeness (QED) is 0.757. The van der Waals surface area contributed by atoms with E-state index in [0.717, 1.165) is 30.9 Å². The van der Waals surface area contributed by atoms with Crippen LogP contribution in [0.5, 0.6) is 0 Å². The molecule has 27 heavy (non-hydrogen) atoms. The van der Waals surface area contributed by atoms with Gasteiger partial charge in [-0.2, -0.15) is 0 Å². The molecule has 0 unspecified atom stereocenters. The Morgan fingerprint density at radius 2 is 1.81 bits per heavy atom. The number of fused-ring (bicyclic) bond motifs is 2. The topological polar surface area (TPSA) is 76.5 Å². The largest absolute Gasteiger partial charge is 0.340 e. The zero-order valence-electron chi connectivity index (χ0n) is 15.2. The molecular formula is C21H23N5O. The normalized spacial score (nSPS) is 21.4. The molecule has 2 aromatic heterocycles. The summed E-state index contributed by atoms with van der Waals surface area (Å²) in [6.07, 6.45) is 5.20. The predicted molar refractivity (Wildman–Crippen MR) is 102 cm³/mol. The van der Waals surface area contributed by atoms with Gasteiger partial charge < -0.3 is 10.6 Å². The van der Waals surface area contributed by atoms with Gasteiger partial charge in [0.2, 0.25) is 5.91 Å². The van der Waals surface area contributed by atoms with Crippen LogP contribution in [-0.4, -0.2) is 44.0 Å². The van der Waals surface area contributed by atoms with Crippen molar-refractivity contribution in [3.8, 4) is 0 Å². The first-order valence-corrected chi connectivity index (χ1v) is 9.59. The highest BCUT2D eigenvalue weighted by Gasteiger charge is 2.43. The van der Waals surface area contributed by atoms with E-state index in [4.69, 9.17) is 5.73 Å². The number of hydrogen-bond acceptors (Lipinski definition) is 4. The Bertz CT molecular complexity index is 985. The summed E-state index contributed by atoms with van der Waals surface area (Å²) in [7, 11) is 0. The second-order valence-corrected chi connectivity index (χ2v) is 7.86. The first-order valence-electron chi connectivity index (χ1n) is 9.59. The van der Waals surface area contributed by atoms with E-state index in [0.29, 0.717) is 19.4 Å². The molecule has 3 heterocycles. The molecule has 2 aliphatic rings. The Balaban J connectivity index is 1.38. The summed E-state index contributed by atoms with van der Waals surface area (Å²) in [4.78, 5) is 15.3. The Kier molecular flexibility index (Phi) is 3.75. The minimum Gasteiger partial charge on any atom is -0.340 e. The number of benzene rings is 1. The monoisotopic (exact) mass is 361 g/mol. The number of piperidine rings is 1. The van der Waals surface area contributed by atoms with Gasteiger partial charge in [0.05, 0.1) is 0 Å². The molecule has 0 radical (unpaired) electrons. The molecule has 1 aliphatic heterocycles. The van der Waals surface area contributed by atoms with Gasteiger partial charge >= 0.3 is 0 Å². The maximum atomic E-state index is 13.3. The van der Waals surface area contributed by atoms with Crippen molar-refractivity contribution in [1.82, 2.24) is 19.5 Å². The van der Waals surface area contributed by atoms with Gasteiger partial charge in [-0.1, -0.05) is 30.3 Å². The number of aromatic nitrogens is 3. The van der Waals surface area contributed by atoms with E-state index < -0.39 is 5.54 Å². The highest BCUT2D eigenvalue weighted by atomic mass is 16.2. The van der Waals surface area contributed by atoms with Crippen molar-refractivity contribution < 1.29 is 4.79 Å². The van der Waals surface area contributed by atoms with Crippen molar-refractivity contribution in [1.29, 1.82) is 0 Å². The van der Waals surface area contributed by atoms with E-state index in [1.807, 2.05) is 45.8 Å². The van der Waals surface area contributed by atoms with Gasteiger partial charge in [-0.3, -0.25) is 9.20 Å². The van der Waals surface area contributed by atoms with E-state index in [9.17, 15) is 4.79 Å². The van der Waals surface area contributed by atoms with E-state index in [-0.39, 0.29) is 11.8 Å². The molecule has 1 amide bonds. The van der Waals surface area contributed by atoms with Crippen LogP contribution >= 0.6 is 0 Å². The van der Waals surface area contributed by atoms with E-state index in [2.05, 4.69) is 22.3 Å². The van der Waals surface area contributed by atoms with Crippen LogP contribution in [0.3, 0.4) is 0 Å². The van der Waals surface area contributed by atoms with Crippen LogP contribution in [0.1, 0.15) is 35.7 Å². The predicted octanol–water partition coefficient (Wildman–Crippen LogP) is 1.93. The summed E-state index contributed by atoms with van der Waals surface area (Å²) in [5.41, 5.74) is 9.04. The average Bonchev–Trinajstić information content (AvgIpc) is 3.28. The minimum absolute atomic E-state index is 0.0669. The molecule has 1 aliphatic carbocycles. The van der Waals surface area contributed by atoms with Crippen LogP contribution < -0.4 is 5.73 Å². The number of carbonyl (C=O) groups excluding carboxylic acids is 1. The summed E-state index contributed by atoms with van der Waals surface area (Å²) >= 11 is 0. The Hall–Kier alpha value is -2.73. The summed E-state index contributed by atoms with van der Waals surface area (Å²) in [5.74, 6) is 1.19. The fraction of sp³-hybridized carbons (Fsp3) is 0.381. The molecule has 1 fully saturated rings. The minimum atomic E-state index is -0.821. The second kappa shape index (κ2) is 6.16. The van der Waals surface area contributed by atoms with Crippen molar-refractivity contribution in [2.45, 2.75) is 37.1 Å². The third kappa shape index (κ3) is 2.72. The smallest absolute Gasteiger partial charge is 0.243 e. The lowest BCUT2D eigenvalue weighted by Crippen LogP contribution is -2.57. The molecule has 0 saturated carbocycles. The van der Waals surface area contributed by atoms with Crippen LogP contribution in [0.4, 0.5) is 0 Å². The summed E-state index contributed by atoms with van der Waals surface area (Å²) in [6.45, 7) is 1.42. The van der Waals surface area contributed by atoms with Gasteiger partial charge in [0.25, 0.3) is 0 Å². The van der Waals surface area contributed by atoms with Crippen LogP contribution in [-0.2, 0) is 17.6 Å². The van der Waals surface area contributed by atoms with Gasteiger partial charge in [0.1, 0.15) is 11.4 Å². The van der Waals surface area contributed by atoms with E-state index in [1.54, 1.807) is 0 Å². The second-order valence-electron chi connectivity index (χ2n) is 7.86. The van der Waals surface area contributed by atoms with Gasteiger partial charge in [-0.05, 0) is 48.9 Å². The lowest BCUT2D eigenvalue weighted by Gasteiger charge is -2.37. The van der Waals surface area contributed by atoms with Crippen LogP contribution in [0, 0.1) is 0 Å². The number of pyridine rings is 1. The molecule has 0 bridgehead atoms. The Morgan fingerprint density at radius 1 is 1.07 bits per heavy atom. The van der Waals surface area contributed by atoms with E-state index in [1.165, 1.54) is 11.1 Å². The molecule has 6 nitrogen and oxygen atoms in total. The molecule has 6 heteroatoms. The number of amides is 1. The molecule has 2 N–H and O–H groups in total. The SMILES string of the molecule is NC1(C(=O)N2CCC[C@@H](c3nnc4ccccn34)C2)Cc2ccccc2C1. The molecule has 5 rings (SSSR count). The molecule has 138 valence electrons. The van der Waals surface area contributed by atoms with Crippen molar-refractivity contribution in [2.24, 2.45) is 5.73 Å². The lowest BCUT2D eigenvalue weighted by atomic mass is 9.91. The molecular weight excluding hydrogens is 338 g/mol. The maximum absolute atomic E-state index is 13.3. The third-order valence-corrected chi connectivity index (χ3v) is 5.97. The van der Waals surface area contributed by atoms with Crippen molar-refractivity contribution in [2.75, 3.05) is 13.1 Å². The number of carbonyl (C=O) groups is 1. The van der Waals surface area contributed by atoms with Crippen LogP contribution in [0.25, 0.3) is 5.65 Å². The zero-order chi connectivity index (χ0) is 18.4. The average molecular weight is 361 g/mol. The number of nitrogens with zero attached hydrogens (tertiary/aromatic N) is 4. The third-order valence-electron chi connectivity index (χ3n) is 5.97. The molecule has 0 spiro atoms. The van der Waals surface area contributed by atoms with Crippen molar-refractivity contribution in [3.63, 3.8) is 0 Å². The molecule has 1 aromatic carbocycles. The van der Waals surface area contributed by atoms with Gasteiger partial charge in [0.15, 0.2) is 5.65 Å². The molecule has 3 aromatic rings. The van der Waals surface area contributed by atoms with Gasteiger partial charge in [0, 0.05) is 25.2 Å². The first kappa shape index (κ1) is 16.4. The van der Waals surface area contributed by atoms with Gasteiger partial charge in [-0.15, -0.1) is 10.2 Å². The van der Waals surface area contributed by atoms with E-state index >= 15 is 0 Å². The Labute approximate surface area is 158 Å². The summed E-state index contributed by atoms with van der Waals surface area (Å²) < 4.78 is 2.03. The molecule has 1 saturated heterocycles. The molecule has 1 atom stereocenters.